The zero-order valence-electron chi connectivity index (χ0n) is 15.1. The molecule has 0 amide bonds. The molecule has 144 valence electrons. The van der Waals surface area contributed by atoms with Gasteiger partial charge in [0.25, 0.3) is 0 Å². The number of carbonyl (C=O) groups excluding carboxylic acids is 2. The molecular weight excluding hydrogens is 387 g/mol. The third kappa shape index (κ3) is 7.24. The Kier molecular flexibility index (Phi) is 8.62. The van der Waals surface area contributed by atoms with Gasteiger partial charge in [0.15, 0.2) is 0 Å². The van der Waals surface area contributed by atoms with Gasteiger partial charge in [-0.25, -0.2) is 9.59 Å². The molecule has 2 rings (SSSR count). The molecule has 0 saturated heterocycles. The predicted octanol–water partition coefficient (Wildman–Crippen LogP) is 6.30. The third-order valence-corrected chi connectivity index (χ3v) is 4.43. The van der Waals surface area contributed by atoms with Crippen LogP contribution < -0.4 is 0 Å². The number of hydrogen-bond acceptors (Lipinski definition) is 4. The van der Waals surface area contributed by atoms with E-state index in [4.69, 9.17) is 32.7 Å². The number of esters is 2. The first kappa shape index (κ1) is 21.3. The van der Waals surface area contributed by atoms with Crippen LogP contribution in [0.15, 0.2) is 48.5 Å². The molecule has 0 saturated carbocycles. The zero-order chi connectivity index (χ0) is 19.6. The molecule has 0 bridgehead atoms. The van der Waals surface area contributed by atoms with Gasteiger partial charge in [-0.05, 0) is 55.0 Å². The molecule has 6 heteroatoms. The van der Waals surface area contributed by atoms with Crippen LogP contribution in [0.25, 0.3) is 0 Å². The molecule has 0 aliphatic carbocycles. The lowest BCUT2D eigenvalue weighted by atomic mass is 10.1. The van der Waals surface area contributed by atoms with E-state index >= 15 is 0 Å². The average molecular weight is 409 g/mol. The Morgan fingerprint density at radius 2 is 1.22 bits per heavy atom. The molecule has 0 aliphatic heterocycles. The van der Waals surface area contributed by atoms with Crippen LogP contribution >= 0.6 is 23.2 Å². The summed E-state index contributed by atoms with van der Waals surface area (Å²) in [5.74, 6) is -1.12. The van der Waals surface area contributed by atoms with Gasteiger partial charge < -0.3 is 9.47 Å². The lowest BCUT2D eigenvalue weighted by molar-refractivity contribution is -0.0837. The molecule has 0 aliphatic rings. The molecule has 0 N–H and O–H groups in total. The maximum absolute atomic E-state index is 12.3. The van der Waals surface area contributed by atoms with Crippen molar-refractivity contribution in [2.24, 2.45) is 0 Å². The molecule has 4 nitrogen and oxygen atoms in total. The van der Waals surface area contributed by atoms with Crippen molar-refractivity contribution in [3.8, 4) is 0 Å². The molecule has 0 radical (unpaired) electrons. The largest absolute Gasteiger partial charge is 0.422 e. The van der Waals surface area contributed by atoms with E-state index in [-0.39, 0.29) is 0 Å². The summed E-state index contributed by atoms with van der Waals surface area (Å²) in [7, 11) is 0. The topological polar surface area (TPSA) is 52.6 Å². The lowest BCUT2D eigenvalue weighted by Gasteiger charge is -2.18. The number of rotatable bonds is 9. The minimum atomic E-state index is -0.951. The van der Waals surface area contributed by atoms with Gasteiger partial charge in [-0.3, -0.25) is 0 Å². The molecule has 0 atom stereocenters. The molecule has 2 aromatic rings. The van der Waals surface area contributed by atoms with E-state index in [1.54, 1.807) is 48.5 Å². The van der Waals surface area contributed by atoms with Gasteiger partial charge in [0.05, 0.1) is 11.1 Å². The van der Waals surface area contributed by atoms with Crippen molar-refractivity contribution in [3.05, 3.63) is 69.7 Å². The quantitative estimate of drug-likeness (QED) is 0.277. The number of ether oxygens (including phenoxy) is 2. The van der Waals surface area contributed by atoms with Crippen LogP contribution in [0.3, 0.4) is 0 Å². The summed E-state index contributed by atoms with van der Waals surface area (Å²) in [6.45, 7) is 2.11. The SMILES string of the molecule is CCCCCCC(OC(=O)c1ccc(Cl)cc1)OC(=O)c1ccc(Cl)cc1. The van der Waals surface area contributed by atoms with Gasteiger partial charge in [0, 0.05) is 16.5 Å². The minimum absolute atomic E-state index is 0.348. The molecule has 27 heavy (non-hydrogen) atoms. The normalized spacial score (nSPS) is 10.7. The Hall–Kier alpha value is -2.04. The summed E-state index contributed by atoms with van der Waals surface area (Å²) < 4.78 is 10.8. The van der Waals surface area contributed by atoms with Gasteiger partial charge in [0.1, 0.15) is 0 Å². The van der Waals surface area contributed by atoms with E-state index in [1.807, 2.05) is 0 Å². The van der Waals surface area contributed by atoms with E-state index < -0.39 is 18.2 Å². The first-order valence-corrected chi connectivity index (χ1v) is 9.68. The summed E-state index contributed by atoms with van der Waals surface area (Å²) in [6.07, 6.45) is 3.42. The number of halogens is 2. The maximum atomic E-state index is 12.3. The lowest BCUT2D eigenvalue weighted by Crippen LogP contribution is -2.25. The molecule has 0 fully saturated rings. The summed E-state index contributed by atoms with van der Waals surface area (Å²) in [4.78, 5) is 24.7. The van der Waals surface area contributed by atoms with Crippen LogP contribution in [0.1, 0.15) is 59.7 Å². The van der Waals surface area contributed by atoms with Crippen molar-refractivity contribution in [2.45, 2.75) is 45.3 Å². The van der Waals surface area contributed by atoms with Crippen LogP contribution in [0, 0.1) is 0 Å². The number of unbranched alkanes of at least 4 members (excludes halogenated alkanes) is 3. The first-order valence-electron chi connectivity index (χ1n) is 8.92. The van der Waals surface area contributed by atoms with Crippen LogP contribution in [0.5, 0.6) is 0 Å². The minimum Gasteiger partial charge on any atom is -0.422 e. The fourth-order valence-corrected chi connectivity index (χ4v) is 2.68. The van der Waals surface area contributed by atoms with Crippen molar-refractivity contribution in [1.82, 2.24) is 0 Å². The molecular formula is C21H22Cl2O4. The Labute approximate surface area is 169 Å². The fraction of sp³-hybridized carbons (Fsp3) is 0.333. The second-order valence-corrected chi connectivity index (χ2v) is 6.98. The van der Waals surface area contributed by atoms with E-state index in [1.165, 1.54) is 0 Å². The molecule has 0 spiro atoms. The maximum Gasteiger partial charge on any atom is 0.341 e. The monoisotopic (exact) mass is 408 g/mol. The van der Waals surface area contributed by atoms with Gasteiger partial charge in [-0.15, -0.1) is 0 Å². The van der Waals surface area contributed by atoms with Gasteiger partial charge in [-0.1, -0.05) is 49.4 Å². The summed E-state index contributed by atoms with van der Waals surface area (Å²) in [6, 6.07) is 12.7. The van der Waals surface area contributed by atoms with E-state index in [2.05, 4.69) is 6.92 Å². The van der Waals surface area contributed by atoms with E-state index in [9.17, 15) is 9.59 Å². The van der Waals surface area contributed by atoms with Gasteiger partial charge in [-0.2, -0.15) is 0 Å². The van der Waals surface area contributed by atoms with Crippen molar-refractivity contribution in [1.29, 1.82) is 0 Å². The molecule has 0 unspecified atom stereocenters. The van der Waals surface area contributed by atoms with Crippen molar-refractivity contribution < 1.29 is 19.1 Å². The highest BCUT2D eigenvalue weighted by molar-refractivity contribution is 6.30. The third-order valence-electron chi connectivity index (χ3n) is 3.93. The van der Waals surface area contributed by atoms with Crippen molar-refractivity contribution in [2.75, 3.05) is 0 Å². The Morgan fingerprint density at radius 1 is 0.778 bits per heavy atom. The molecule has 0 heterocycles. The standard InChI is InChI=1S/C21H22Cl2O4/c1-2-3-4-5-6-19(26-20(24)15-7-11-17(22)12-8-15)27-21(25)16-9-13-18(23)14-10-16/h7-14,19H,2-6H2,1H3. The van der Waals surface area contributed by atoms with Crippen molar-refractivity contribution >= 4 is 35.1 Å². The second-order valence-electron chi connectivity index (χ2n) is 6.10. The zero-order valence-corrected chi connectivity index (χ0v) is 16.6. The summed E-state index contributed by atoms with van der Waals surface area (Å²) in [5, 5.41) is 1.05. The highest BCUT2D eigenvalue weighted by Crippen LogP contribution is 2.17. The second kappa shape index (κ2) is 11.0. The number of carbonyl (C=O) groups is 2. The summed E-state index contributed by atoms with van der Waals surface area (Å²) >= 11 is 11.7. The van der Waals surface area contributed by atoms with Crippen LogP contribution in [-0.4, -0.2) is 18.2 Å². The van der Waals surface area contributed by atoms with E-state index in [0.717, 1.165) is 25.7 Å². The first-order chi connectivity index (χ1) is 13.0. The van der Waals surface area contributed by atoms with Gasteiger partial charge >= 0.3 is 11.9 Å². The molecule has 2 aromatic carbocycles. The van der Waals surface area contributed by atoms with Crippen LogP contribution in [0.4, 0.5) is 0 Å². The highest BCUT2D eigenvalue weighted by Gasteiger charge is 2.21. The van der Waals surface area contributed by atoms with E-state index in [0.29, 0.717) is 27.6 Å². The van der Waals surface area contributed by atoms with Gasteiger partial charge in [0.2, 0.25) is 6.29 Å². The Bertz CT molecular complexity index is 682. The molecule has 0 aromatic heterocycles. The van der Waals surface area contributed by atoms with Crippen LogP contribution in [0.2, 0.25) is 10.0 Å². The van der Waals surface area contributed by atoms with Crippen molar-refractivity contribution in [3.63, 3.8) is 0 Å². The van der Waals surface area contributed by atoms with Crippen LogP contribution in [-0.2, 0) is 9.47 Å². The Morgan fingerprint density at radius 3 is 1.63 bits per heavy atom. The fourth-order valence-electron chi connectivity index (χ4n) is 2.43. The smallest absolute Gasteiger partial charge is 0.341 e. The number of hydrogen-bond donors (Lipinski definition) is 0. The summed E-state index contributed by atoms with van der Waals surface area (Å²) in [5.41, 5.74) is 0.695. The average Bonchev–Trinajstić information content (AvgIpc) is 2.66. The number of benzene rings is 2. The highest BCUT2D eigenvalue weighted by atomic mass is 35.5. The predicted molar refractivity (Wildman–Crippen MR) is 106 cm³/mol. The Balaban J connectivity index is 2.02.